The van der Waals surface area contributed by atoms with Gasteiger partial charge in [0.15, 0.2) is 0 Å². The fourth-order valence-electron chi connectivity index (χ4n) is 1.31. The maximum Gasteiger partial charge on any atom is 0.225 e. The quantitative estimate of drug-likeness (QED) is 0.809. The summed E-state index contributed by atoms with van der Waals surface area (Å²) in [6, 6.07) is 1.82. The minimum absolute atomic E-state index is 0.0948. The summed E-state index contributed by atoms with van der Waals surface area (Å²) in [6.07, 6.45) is 1.84. The Hall–Kier alpha value is -0.610. The van der Waals surface area contributed by atoms with Gasteiger partial charge in [0.2, 0.25) is 5.88 Å². The van der Waals surface area contributed by atoms with Crippen LogP contribution in [0.3, 0.4) is 0 Å². The number of aromatic nitrogens is 1. The summed E-state index contributed by atoms with van der Waals surface area (Å²) in [5, 5.41) is 9.94. The monoisotopic (exact) mass is 199 g/mol. The van der Waals surface area contributed by atoms with Gasteiger partial charge in [-0.2, -0.15) is 4.37 Å². The summed E-state index contributed by atoms with van der Waals surface area (Å²) < 4.78 is 9.02. The van der Waals surface area contributed by atoms with Gasteiger partial charge in [0.1, 0.15) is 0 Å². The van der Waals surface area contributed by atoms with Crippen LogP contribution in [0.5, 0.6) is 5.88 Å². The van der Waals surface area contributed by atoms with Crippen LogP contribution in [-0.4, -0.2) is 16.6 Å². The molecule has 2 rings (SSSR count). The maximum atomic E-state index is 9.94. The predicted molar refractivity (Wildman–Crippen MR) is 51.0 cm³/mol. The van der Waals surface area contributed by atoms with Gasteiger partial charge in [-0.1, -0.05) is 6.92 Å². The van der Waals surface area contributed by atoms with E-state index < -0.39 is 0 Å². The SMILES string of the molecule is COc1cc(C(O)C2(C)CC2)sn1. The summed E-state index contributed by atoms with van der Waals surface area (Å²) in [5.41, 5.74) is 0.0948. The van der Waals surface area contributed by atoms with E-state index in [0.717, 1.165) is 17.7 Å². The lowest BCUT2D eigenvalue weighted by Gasteiger charge is -2.14. The zero-order chi connectivity index (χ0) is 9.47. The molecular weight excluding hydrogens is 186 g/mol. The first kappa shape index (κ1) is 8.97. The van der Waals surface area contributed by atoms with Crippen molar-refractivity contribution < 1.29 is 9.84 Å². The van der Waals surface area contributed by atoms with Crippen molar-refractivity contribution >= 4 is 11.5 Å². The molecular formula is C9H13NO2S. The van der Waals surface area contributed by atoms with Crippen LogP contribution in [0.2, 0.25) is 0 Å². The van der Waals surface area contributed by atoms with Gasteiger partial charge in [0.05, 0.1) is 18.1 Å². The first-order valence-corrected chi connectivity index (χ1v) is 5.12. The van der Waals surface area contributed by atoms with Crippen molar-refractivity contribution in [2.24, 2.45) is 5.41 Å². The lowest BCUT2D eigenvalue weighted by atomic mass is 10.0. The predicted octanol–water partition coefficient (Wildman–Crippen LogP) is 1.99. The lowest BCUT2D eigenvalue weighted by Crippen LogP contribution is -2.07. The maximum absolute atomic E-state index is 9.94. The molecule has 0 bridgehead atoms. The van der Waals surface area contributed by atoms with Gasteiger partial charge < -0.3 is 9.84 Å². The molecule has 72 valence electrons. The van der Waals surface area contributed by atoms with Crippen molar-refractivity contribution in [2.75, 3.05) is 7.11 Å². The zero-order valence-electron chi connectivity index (χ0n) is 7.78. The van der Waals surface area contributed by atoms with Crippen molar-refractivity contribution in [2.45, 2.75) is 25.9 Å². The van der Waals surface area contributed by atoms with Crippen molar-refractivity contribution in [3.05, 3.63) is 10.9 Å². The molecule has 0 saturated heterocycles. The Balaban J connectivity index is 2.15. The van der Waals surface area contributed by atoms with Crippen molar-refractivity contribution in [1.82, 2.24) is 4.37 Å². The van der Waals surface area contributed by atoms with Crippen LogP contribution in [-0.2, 0) is 0 Å². The van der Waals surface area contributed by atoms with E-state index in [2.05, 4.69) is 11.3 Å². The third-order valence-electron chi connectivity index (χ3n) is 2.68. The first-order valence-electron chi connectivity index (χ1n) is 4.34. The molecule has 4 heteroatoms. The summed E-state index contributed by atoms with van der Waals surface area (Å²) in [5.74, 6) is 0.600. The van der Waals surface area contributed by atoms with Crippen molar-refractivity contribution in [3.63, 3.8) is 0 Å². The third-order valence-corrected chi connectivity index (χ3v) is 3.51. The number of hydrogen-bond acceptors (Lipinski definition) is 4. The highest BCUT2D eigenvalue weighted by molar-refractivity contribution is 7.06. The van der Waals surface area contributed by atoms with Crippen LogP contribution < -0.4 is 4.74 Å². The molecule has 1 atom stereocenters. The van der Waals surface area contributed by atoms with E-state index in [9.17, 15) is 5.11 Å². The number of aliphatic hydroxyl groups is 1. The first-order chi connectivity index (χ1) is 6.15. The standard InChI is InChI=1S/C9H13NO2S/c1-9(3-4-9)8(11)6-5-7(12-2)10-13-6/h5,8,11H,3-4H2,1-2H3. The molecule has 1 aliphatic carbocycles. The molecule has 1 N–H and O–H groups in total. The molecule has 13 heavy (non-hydrogen) atoms. The average Bonchev–Trinajstić information content (AvgIpc) is 2.71. The molecule has 1 saturated carbocycles. The summed E-state index contributed by atoms with van der Waals surface area (Å²) in [6.45, 7) is 2.10. The molecule has 0 aliphatic heterocycles. The fraction of sp³-hybridized carbons (Fsp3) is 0.667. The number of rotatable bonds is 3. The number of aliphatic hydroxyl groups excluding tert-OH is 1. The molecule has 0 spiro atoms. The van der Waals surface area contributed by atoms with Gasteiger partial charge >= 0.3 is 0 Å². The number of ether oxygens (including phenoxy) is 1. The molecule has 0 aromatic carbocycles. The van der Waals surface area contributed by atoms with Crippen LogP contribution in [0, 0.1) is 5.41 Å². The van der Waals surface area contributed by atoms with E-state index >= 15 is 0 Å². The Morgan fingerprint density at radius 3 is 2.85 bits per heavy atom. The van der Waals surface area contributed by atoms with Crippen LogP contribution in [0.4, 0.5) is 0 Å². The van der Waals surface area contributed by atoms with Gasteiger partial charge in [-0.25, -0.2) is 0 Å². The number of hydrogen-bond donors (Lipinski definition) is 1. The molecule has 1 unspecified atom stereocenters. The average molecular weight is 199 g/mol. The summed E-state index contributed by atoms with van der Waals surface area (Å²) in [7, 11) is 1.59. The Labute approximate surface area is 81.5 Å². The van der Waals surface area contributed by atoms with Crippen LogP contribution in [0.25, 0.3) is 0 Å². The van der Waals surface area contributed by atoms with E-state index in [0.29, 0.717) is 5.88 Å². The van der Waals surface area contributed by atoms with Gasteiger partial charge in [0.25, 0.3) is 0 Å². The molecule has 1 aromatic heterocycles. The molecule has 3 nitrogen and oxygen atoms in total. The van der Waals surface area contributed by atoms with E-state index in [1.807, 2.05) is 6.07 Å². The minimum Gasteiger partial charge on any atom is -0.480 e. The number of nitrogens with zero attached hydrogens (tertiary/aromatic N) is 1. The zero-order valence-corrected chi connectivity index (χ0v) is 8.60. The second kappa shape index (κ2) is 2.96. The van der Waals surface area contributed by atoms with Gasteiger partial charge in [-0.3, -0.25) is 0 Å². The van der Waals surface area contributed by atoms with Gasteiger partial charge in [0, 0.05) is 6.07 Å². The highest BCUT2D eigenvalue weighted by Gasteiger charge is 2.45. The van der Waals surface area contributed by atoms with E-state index in [4.69, 9.17) is 4.74 Å². The largest absolute Gasteiger partial charge is 0.480 e. The molecule has 0 amide bonds. The van der Waals surface area contributed by atoms with Crippen molar-refractivity contribution in [1.29, 1.82) is 0 Å². The third kappa shape index (κ3) is 1.56. The normalized spacial score (nSPS) is 21.2. The Bertz CT molecular complexity index is 306. The van der Waals surface area contributed by atoms with Crippen LogP contribution in [0.15, 0.2) is 6.07 Å². The second-order valence-electron chi connectivity index (χ2n) is 3.83. The Kier molecular flexibility index (Phi) is 2.04. The number of methoxy groups -OCH3 is 1. The fourth-order valence-corrected chi connectivity index (χ4v) is 2.17. The Morgan fingerprint density at radius 2 is 2.38 bits per heavy atom. The second-order valence-corrected chi connectivity index (χ2v) is 4.66. The molecule has 1 fully saturated rings. The molecule has 1 heterocycles. The van der Waals surface area contributed by atoms with Gasteiger partial charge in [-0.15, -0.1) is 0 Å². The summed E-state index contributed by atoms with van der Waals surface area (Å²) >= 11 is 1.32. The van der Waals surface area contributed by atoms with Crippen LogP contribution in [0.1, 0.15) is 30.7 Å². The minimum atomic E-state index is -0.367. The highest BCUT2D eigenvalue weighted by atomic mass is 32.1. The lowest BCUT2D eigenvalue weighted by molar-refractivity contribution is 0.107. The van der Waals surface area contributed by atoms with E-state index in [-0.39, 0.29) is 11.5 Å². The van der Waals surface area contributed by atoms with E-state index in [1.165, 1.54) is 11.5 Å². The van der Waals surface area contributed by atoms with E-state index in [1.54, 1.807) is 7.11 Å². The smallest absolute Gasteiger partial charge is 0.225 e. The van der Waals surface area contributed by atoms with Gasteiger partial charge in [-0.05, 0) is 29.8 Å². The Morgan fingerprint density at radius 1 is 1.69 bits per heavy atom. The van der Waals surface area contributed by atoms with Crippen LogP contribution >= 0.6 is 11.5 Å². The highest BCUT2D eigenvalue weighted by Crippen LogP contribution is 2.55. The topological polar surface area (TPSA) is 42.4 Å². The van der Waals surface area contributed by atoms with Crippen molar-refractivity contribution in [3.8, 4) is 5.88 Å². The summed E-state index contributed by atoms with van der Waals surface area (Å²) in [4.78, 5) is 0.914. The molecule has 1 aliphatic rings. The molecule has 1 aromatic rings. The molecule has 0 radical (unpaired) electrons.